The van der Waals surface area contributed by atoms with Gasteiger partial charge in [0.05, 0.1) is 6.26 Å². The lowest BCUT2D eigenvalue weighted by atomic mass is 10.1. The van der Waals surface area contributed by atoms with Gasteiger partial charge in [-0.1, -0.05) is 30.3 Å². The lowest BCUT2D eigenvalue weighted by molar-refractivity contribution is -0.139. The number of hydrogen-bond donors (Lipinski definition) is 2. The van der Waals surface area contributed by atoms with Crippen LogP contribution >= 0.6 is 0 Å². The summed E-state index contributed by atoms with van der Waals surface area (Å²) in [4.78, 5) is 24.0. The summed E-state index contributed by atoms with van der Waals surface area (Å²) < 4.78 is 7.09. The van der Waals surface area contributed by atoms with Crippen LogP contribution in [-0.2, 0) is 16.0 Å². The maximum atomic E-state index is 12.0. The highest BCUT2D eigenvalue weighted by Gasteiger charge is 2.20. The van der Waals surface area contributed by atoms with Crippen molar-refractivity contribution in [3.8, 4) is 0 Å². The van der Waals surface area contributed by atoms with Crippen molar-refractivity contribution in [1.29, 1.82) is 0 Å². The Bertz CT molecular complexity index is 780. The maximum Gasteiger partial charge on any atom is 0.309 e. The van der Waals surface area contributed by atoms with Crippen LogP contribution in [0.3, 0.4) is 0 Å². The number of hydrogen-bond acceptors (Lipinski definition) is 4. The van der Waals surface area contributed by atoms with Gasteiger partial charge < -0.3 is 15.1 Å². The Kier molecular flexibility index (Phi) is 5.82. The normalized spacial score (nSPS) is 11.7. The summed E-state index contributed by atoms with van der Waals surface area (Å²) in [6.07, 6.45) is 5.65. The number of amides is 2. The second kappa shape index (κ2) is 8.66. The van der Waals surface area contributed by atoms with E-state index in [4.69, 9.17) is 4.42 Å². The molecule has 0 aliphatic rings. The zero-order valence-electron chi connectivity index (χ0n) is 14.2. The number of rotatable bonds is 7. The van der Waals surface area contributed by atoms with E-state index in [1.165, 1.54) is 0 Å². The molecule has 3 aromatic rings. The molecule has 0 spiro atoms. The van der Waals surface area contributed by atoms with E-state index in [1.807, 2.05) is 30.3 Å². The molecule has 0 fully saturated rings. The van der Waals surface area contributed by atoms with Crippen LogP contribution in [0.5, 0.6) is 0 Å². The number of carbonyl (C=O) groups is 2. The van der Waals surface area contributed by atoms with Crippen molar-refractivity contribution in [2.75, 3.05) is 13.1 Å². The Morgan fingerprint density at radius 3 is 2.54 bits per heavy atom. The van der Waals surface area contributed by atoms with Gasteiger partial charge in [0, 0.05) is 25.5 Å². The first-order valence-corrected chi connectivity index (χ1v) is 8.36. The predicted octanol–water partition coefficient (Wildman–Crippen LogP) is 1.54. The van der Waals surface area contributed by atoms with Crippen molar-refractivity contribution in [3.05, 3.63) is 78.5 Å². The first kappa shape index (κ1) is 17.5. The van der Waals surface area contributed by atoms with Crippen molar-refractivity contribution in [2.45, 2.75) is 12.5 Å². The van der Waals surface area contributed by atoms with Crippen molar-refractivity contribution in [1.82, 2.24) is 20.4 Å². The molecule has 0 saturated carbocycles. The predicted molar refractivity (Wildman–Crippen MR) is 95.2 cm³/mol. The molecule has 7 heteroatoms. The van der Waals surface area contributed by atoms with E-state index in [1.54, 1.807) is 41.5 Å². The summed E-state index contributed by atoms with van der Waals surface area (Å²) in [6.45, 7) is 0.594. The Hall–Kier alpha value is -3.35. The Morgan fingerprint density at radius 2 is 1.85 bits per heavy atom. The molecule has 2 amide bonds. The van der Waals surface area contributed by atoms with Crippen LogP contribution in [0.25, 0.3) is 0 Å². The number of benzene rings is 1. The molecule has 2 N–H and O–H groups in total. The van der Waals surface area contributed by atoms with E-state index in [-0.39, 0.29) is 12.6 Å². The minimum Gasteiger partial charge on any atom is -0.467 e. The highest BCUT2D eigenvalue weighted by molar-refractivity contribution is 6.35. The fraction of sp³-hybridized carbons (Fsp3) is 0.211. The van der Waals surface area contributed by atoms with Gasteiger partial charge >= 0.3 is 11.8 Å². The van der Waals surface area contributed by atoms with Crippen LogP contribution in [0.1, 0.15) is 17.4 Å². The molecule has 0 aliphatic heterocycles. The van der Waals surface area contributed by atoms with E-state index in [0.717, 1.165) is 5.56 Å². The summed E-state index contributed by atoms with van der Waals surface area (Å²) in [5.41, 5.74) is 1.10. The summed E-state index contributed by atoms with van der Waals surface area (Å²) in [7, 11) is 0. The van der Waals surface area contributed by atoms with Crippen LogP contribution in [0, 0.1) is 0 Å². The smallest absolute Gasteiger partial charge is 0.309 e. The van der Waals surface area contributed by atoms with Crippen LogP contribution < -0.4 is 10.6 Å². The van der Waals surface area contributed by atoms with Crippen molar-refractivity contribution in [2.24, 2.45) is 0 Å². The lowest BCUT2D eigenvalue weighted by Crippen LogP contribution is -2.42. The fourth-order valence-electron chi connectivity index (χ4n) is 2.59. The molecule has 26 heavy (non-hydrogen) atoms. The molecule has 134 valence electrons. The summed E-state index contributed by atoms with van der Waals surface area (Å²) in [5.74, 6) is -0.681. The van der Waals surface area contributed by atoms with Gasteiger partial charge in [-0.25, -0.2) is 0 Å². The minimum absolute atomic E-state index is 0.195. The van der Waals surface area contributed by atoms with E-state index in [2.05, 4.69) is 15.7 Å². The zero-order valence-corrected chi connectivity index (χ0v) is 14.2. The molecular weight excluding hydrogens is 332 g/mol. The third kappa shape index (κ3) is 4.60. The average Bonchev–Trinajstić information content (AvgIpc) is 3.37. The molecule has 3 rings (SSSR count). The van der Waals surface area contributed by atoms with Crippen molar-refractivity contribution < 1.29 is 14.0 Å². The van der Waals surface area contributed by atoms with Crippen molar-refractivity contribution >= 4 is 11.8 Å². The number of nitrogens with one attached hydrogen (secondary N) is 2. The maximum absolute atomic E-state index is 12.0. The Morgan fingerprint density at radius 1 is 1.04 bits per heavy atom. The van der Waals surface area contributed by atoms with Gasteiger partial charge in [0.1, 0.15) is 11.8 Å². The highest BCUT2D eigenvalue weighted by Crippen LogP contribution is 2.16. The Balaban J connectivity index is 1.49. The van der Waals surface area contributed by atoms with Gasteiger partial charge in [-0.2, -0.15) is 5.10 Å². The Labute approximate surface area is 151 Å². The molecule has 1 unspecified atom stereocenters. The van der Waals surface area contributed by atoms with Crippen LogP contribution in [0.4, 0.5) is 0 Å². The largest absolute Gasteiger partial charge is 0.467 e. The van der Waals surface area contributed by atoms with Gasteiger partial charge in [-0.05, 0) is 30.2 Å². The van der Waals surface area contributed by atoms with Gasteiger partial charge in [0.15, 0.2) is 0 Å². The van der Waals surface area contributed by atoms with Gasteiger partial charge in [-0.15, -0.1) is 0 Å². The van der Waals surface area contributed by atoms with Crippen LogP contribution in [-0.4, -0.2) is 34.7 Å². The summed E-state index contributed by atoms with van der Waals surface area (Å²) in [5, 5.41) is 9.45. The highest BCUT2D eigenvalue weighted by atomic mass is 16.3. The molecule has 2 heterocycles. The number of carbonyl (C=O) groups excluding carboxylic acids is 2. The first-order valence-electron chi connectivity index (χ1n) is 8.36. The molecule has 0 bridgehead atoms. The van der Waals surface area contributed by atoms with E-state index < -0.39 is 11.8 Å². The zero-order chi connectivity index (χ0) is 18.2. The van der Waals surface area contributed by atoms with Crippen LogP contribution in [0.2, 0.25) is 0 Å². The minimum atomic E-state index is -0.679. The molecular formula is C19H20N4O3. The number of furan rings is 1. The SMILES string of the molecule is O=C(NCCc1ccccc1)C(=O)NCC(c1ccco1)n1cccn1. The van der Waals surface area contributed by atoms with Gasteiger partial charge in [0.25, 0.3) is 0 Å². The second-order valence-corrected chi connectivity index (χ2v) is 5.72. The second-order valence-electron chi connectivity index (χ2n) is 5.72. The van der Waals surface area contributed by atoms with Crippen LogP contribution in [0.15, 0.2) is 71.6 Å². The molecule has 1 aromatic carbocycles. The monoisotopic (exact) mass is 352 g/mol. The van der Waals surface area contributed by atoms with Gasteiger partial charge in [-0.3, -0.25) is 14.3 Å². The molecule has 1 atom stereocenters. The fourth-order valence-corrected chi connectivity index (χ4v) is 2.59. The lowest BCUT2D eigenvalue weighted by Gasteiger charge is -2.16. The number of nitrogens with zero attached hydrogens (tertiary/aromatic N) is 2. The van der Waals surface area contributed by atoms with E-state index >= 15 is 0 Å². The summed E-state index contributed by atoms with van der Waals surface area (Å²) >= 11 is 0. The van der Waals surface area contributed by atoms with Gasteiger partial charge in [0.2, 0.25) is 0 Å². The molecule has 0 radical (unpaired) electrons. The van der Waals surface area contributed by atoms with E-state index in [9.17, 15) is 9.59 Å². The standard InChI is InChI=1S/C19H20N4O3/c24-18(20-11-9-15-6-2-1-3-7-15)19(25)21-14-16(17-8-4-13-26-17)23-12-5-10-22-23/h1-8,10,12-13,16H,9,11,14H2,(H,20,24)(H,21,25). The molecule has 2 aromatic heterocycles. The third-order valence-electron chi connectivity index (χ3n) is 3.92. The number of aromatic nitrogens is 2. The molecule has 7 nitrogen and oxygen atoms in total. The average molecular weight is 352 g/mol. The summed E-state index contributed by atoms with van der Waals surface area (Å²) in [6, 6.07) is 14.8. The quantitative estimate of drug-likeness (QED) is 0.631. The first-order chi connectivity index (χ1) is 12.7. The third-order valence-corrected chi connectivity index (χ3v) is 3.92. The van der Waals surface area contributed by atoms with Crippen molar-refractivity contribution in [3.63, 3.8) is 0 Å². The topological polar surface area (TPSA) is 89.2 Å². The molecule has 0 aliphatic carbocycles. The van der Waals surface area contributed by atoms with E-state index in [0.29, 0.717) is 18.7 Å². The molecule has 0 saturated heterocycles.